The minimum atomic E-state index is 0.749. The van der Waals surface area contributed by atoms with Gasteiger partial charge in [-0.25, -0.2) is 0 Å². The number of aryl methyl sites for hydroxylation is 1. The highest BCUT2D eigenvalue weighted by molar-refractivity contribution is 5.03. The van der Waals surface area contributed by atoms with Crippen LogP contribution in [0.15, 0.2) is 12.4 Å². The van der Waals surface area contributed by atoms with Gasteiger partial charge in [-0.3, -0.25) is 4.68 Å². The van der Waals surface area contributed by atoms with E-state index in [1.807, 2.05) is 17.9 Å². The molecule has 2 bridgehead atoms. The predicted molar refractivity (Wildman–Crippen MR) is 68.5 cm³/mol. The maximum Gasteiger partial charge on any atom is 0.0534 e. The van der Waals surface area contributed by atoms with Crippen molar-refractivity contribution >= 4 is 0 Å². The third-order valence-corrected chi connectivity index (χ3v) is 4.48. The molecule has 0 saturated heterocycles. The molecule has 2 fully saturated rings. The van der Waals surface area contributed by atoms with Crippen LogP contribution < -0.4 is 5.32 Å². The van der Waals surface area contributed by atoms with E-state index in [4.69, 9.17) is 0 Å². The monoisotopic (exact) mass is 233 g/mol. The van der Waals surface area contributed by atoms with Gasteiger partial charge in [0.05, 0.1) is 6.20 Å². The van der Waals surface area contributed by atoms with Crippen LogP contribution in [0, 0.1) is 11.8 Å². The summed E-state index contributed by atoms with van der Waals surface area (Å²) in [7, 11) is 1.98. The van der Waals surface area contributed by atoms with Crippen molar-refractivity contribution < 1.29 is 0 Å². The number of nitrogens with one attached hydrogen (secondary N) is 1. The van der Waals surface area contributed by atoms with Crippen molar-refractivity contribution in [1.82, 2.24) is 15.1 Å². The zero-order chi connectivity index (χ0) is 11.7. The van der Waals surface area contributed by atoms with Gasteiger partial charge in [-0.1, -0.05) is 19.3 Å². The molecule has 0 amide bonds. The van der Waals surface area contributed by atoms with Crippen LogP contribution in [0.4, 0.5) is 0 Å². The van der Waals surface area contributed by atoms with E-state index < -0.39 is 0 Å². The van der Waals surface area contributed by atoms with Crippen LogP contribution in [-0.2, 0) is 13.6 Å². The number of aromatic nitrogens is 2. The van der Waals surface area contributed by atoms with E-state index >= 15 is 0 Å². The van der Waals surface area contributed by atoms with Gasteiger partial charge in [0, 0.05) is 31.4 Å². The lowest BCUT2D eigenvalue weighted by Crippen LogP contribution is -2.38. The van der Waals surface area contributed by atoms with Gasteiger partial charge < -0.3 is 5.32 Å². The number of hydrogen-bond donors (Lipinski definition) is 1. The van der Waals surface area contributed by atoms with Crippen molar-refractivity contribution in [1.29, 1.82) is 0 Å². The Labute approximate surface area is 104 Å². The van der Waals surface area contributed by atoms with Crippen molar-refractivity contribution in [3.63, 3.8) is 0 Å². The summed E-state index contributed by atoms with van der Waals surface area (Å²) >= 11 is 0. The number of rotatable bonds is 3. The van der Waals surface area contributed by atoms with Crippen LogP contribution in [0.2, 0.25) is 0 Å². The van der Waals surface area contributed by atoms with E-state index in [9.17, 15) is 0 Å². The highest BCUT2D eigenvalue weighted by Crippen LogP contribution is 2.39. The first-order valence-electron chi connectivity index (χ1n) is 7.00. The normalized spacial score (nSPS) is 32.6. The highest BCUT2D eigenvalue weighted by atomic mass is 15.2. The molecule has 1 heterocycles. The summed E-state index contributed by atoms with van der Waals surface area (Å²) in [6, 6.07) is 0.749. The number of hydrogen-bond acceptors (Lipinski definition) is 2. The molecule has 1 N–H and O–H groups in total. The summed E-state index contributed by atoms with van der Waals surface area (Å²) in [5, 5.41) is 7.94. The lowest BCUT2D eigenvalue weighted by molar-refractivity contribution is 0.153. The number of nitrogens with zero attached hydrogens (tertiary/aromatic N) is 2. The van der Waals surface area contributed by atoms with E-state index in [-0.39, 0.29) is 0 Å². The van der Waals surface area contributed by atoms with Crippen LogP contribution in [0.25, 0.3) is 0 Å². The van der Waals surface area contributed by atoms with E-state index in [0.717, 1.165) is 24.4 Å². The third kappa shape index (κ3) is 2.71. The van der Waals surface area contributed by atoms with Crippen LogP contribution in [0.3, 0.4) is 0 Å². The summed E-state index contributed by atoms with van der Waals surface area (Å²) in [5.41, 5.74) is 1.31. The smallest absolute Gasteiger partial charge is 0.0534 e. The fourth-order valence-corrected chi connectivity index (χ4v) is 3.72. The van der Waals surface area contributed by atoms with Gasteiger partial charge in [0.25, 0.3) is 0 Å². The molecule has 3 nitrogen and oxygen atoms in total. The summed E-state index contributed by atoms with van der Waals surface area (Å²) in [6.07, 6.45) is 12.8. The second-order valence-electron chi connectivity index (χ2n) is 5.97. The molecular weight excluding hydrogens is 210 g/mol. The Morgan fingerprint density at radius 1 is 1.29 bits per heavy atom. The second kappa shape index (κ2) is 4.81. The molecule has 2 aliphatic rings. The minimum Gasteiger partial charge on any atom is -0.310 e. The van der Waals surface area contributed by atoms with Crippen LogP contribution in [0.5, 0.6) is 0 Å². The summed E-state index contributed by atoms with van der Waals surface area (Å²) in [6.45, 7) is 0.984. The molecule has 2 saturated carbocycles. The lowest BCUT2D eigenvalue weighted by atomic mass is 9.70. The molecule has 0 aliphatic heterocycles. The fourth-order valence-electron chi connectivity index (χ4n) is 3.72. The van der Waals surface area contributed by atoms with Gasteiger partial charge in [-0.2, -0.15) is 5.10 Å². The summed E-state index contributed by atoms with van der Waals surface area (Å²) in [5.74, 6) is 2.02. The Kier molecular flexibility index (Phi) is 3.19. The Morgan fingerprint density at radius 3 is 2.71 bits per heavy atom. The van der Waals surface area contributed by atoms with Gasteiger partial charge in [0.1, 0.15) is 0 Å². The molecular formula is C14H23N3. The SMILES string of the molecule is Cn1cc(CNC2CC3CCCC(C3)C2)cn1. The number of fused-ring (bicyclic) bond motifs is 2. The minimum absolute atomic E-state index is 0.749. The first kappa shape index (κ1) is 11.3. The first-order valence-corrected chi connectivity index (χ1v) is 7.00. The Balaban J connectivity index is 1.52. The average molecular weight is 233 g/mol. The Bertz CT molecular complexity index is 359. The van der Waals surface area contributed by atoms with Gasteiger partial charge in [-0.15, -0.1) is 0 Å². The molecule has 3 rings (SSSR count). The largest absolute Gasteiger partial charge is 0.310 e. The van der Waals surface area contributed by atoms with Gasteiger partial charge in [-0.05, 0) is 31.1 Å². The van der Waals surface area contributed by atoms with Gasteiger partial charge in [0.2, 0.25) is 0 Å². The van der Waals surface area contributed by atoms with Crippen LogP contribution in [0.1, 0.15) is 44.1 Å². The molecule has 0 radical (unpaired) electrons. The summed E-state index contributed by atoms with van der Waals surface area (Å²) in [4.78, 5) is 0. The molecule has 2 aliphatic carbocycles. The van der Waals surface area contributed by atoms with E-state index in [0.29, 0.717) is 0 Å². The van der Waals surface area contributed by atoms with E-state index in [2.05, 4.69) is 16.6 Å². The standard InChI is InChI=1S/C14H23N3/c1-17-10-13(9-16-17)8-15-14-6-11-3-2-4-12(5-11)7-14/h9-12,14-15H,2-8H2,1H3. The molecule has 0 spiro atoms. The Hall–Kier alpha value is -0.830. The van der Waals surface area contributed by atoms with Gasteiger partial charge in [0.15, 0.2) is 0 Å². The van der Waals surface area contributed by atoms with Crippen molar-refractivity contribution in [2.45, 2.75) is 51.1 Å². The molecule has 1 aromatic rings. The molecule has 94 valence electrons. The Morgan fingerprint density at radius 2 is 2.06 bits per heavy atom. The van der Waals surface area contributed by atoms with Crippen molar-refractivity contribution in [2.75, 3.05) is 0 Å². The van der Waals surface area contributed by atoms with Crippen LogP contribution >= 0.6 is 0 Å². The molecule has 1 aromatic heterocycles. The van der Waals surface area contributed by atoms with E-state index in [1.165, 1.54) is 44.1 Å². The zero-order valence-corrected chi connectivity index (χ0v) is 10.7. The quantitative estimate of drug-likeness (QED) is 0.869. The average Bonchev–Trinajstić information content (AvgIpc) is 2.72. The maximum atomic E-state index is 4.21. The third-order valence-electron chi connectivity index (χ3n) is 4.48. The molecule has 3 heteroatoms. The van der Waals surface area contributed by atoms with Gasteiger partial charge >= 0.3 is 0 Å². The van der Waals surface area contributed by atoms with Crippen molar-refractivity contribution in [3.8, 4) is 0 Å². The first-order chi connectivity index (χ1) is 8.29. The lowest BCUT2D eigenvalue weighted by Gasteiger charge is -2.39. The topological polar surface area (TPSA) is 29.9 Å². The molecule has 0 aromatic carbocycles. The van der Waals surface area contributed by atoms with Crippen molar-refractivity contribution in [3.05, 3.63) is 18.0 Å². The van der Waals surface area contributed by atoms with E-state index in [1.54, 1.807) is 0 Å². The van der Waals surface area contributed by atoms with Crippen molar-refractivity contribution in [2.24, 2.45) is 18.9 Å². The fraction of sp³-hybridized carbons (Fsp3) is 0.786. The van der Waals surface area contributed by atoms with Crippen LogP contribution in [-0.4, -0.2) is 15.8 Å². The summed E-state index contributed by atoms with van der Waals surface area (Å²) < 4.78 is 1.88. The highest BCUT2D eigenvalue weighted by Gasteiger charge is 2.31. The second-order valence-corrected chi connectivity index (χ2v) is 5.97. The molecule has 2 atom stereocenters. The molecule has 17 heavy (non-hydrogen) atoms. The maximum absolute atomic E-state index is 4.21. The molecule has 2 unspecified atom stereocenters. The zero-order valence-electron chi connectivity index (χ0n) is 10.7. The predicted octanol–water partition coefficient (Wildman–Crippen LogP) is 2.48.